The highest BCUT2D eigenvalue weighted by Crippen LogP contribution is 2.19. The van der Waals surface area contributed by atoms with Crippen molar-refractivity contribution < 1.29 is 0 Å². The molecule has 2 nitrogen and oxygen atoms in total. The van der Waals surface area contributed by atoms with Gasteiger partial charge in [-0.2, -0.15) is 0 Å². The number of nitrogens with zero attached hydrogens (tertiary/aromatic N) is 2. The topological polar surface area (TPSA) is 8.17 Å². The molecule has 1 aromatic rings. The highest BCUT2D eigenvalue weighted by molar-refractivity contribution is 4.90. The van der Waals surface area contributed by atoms with Crippen molar-refractivity contribution in [3.63, 3.8) is 0 Å². The fraction of sp³-hybridized carbons (Fsp3) is 0.880. The van der Waals surface area contributed by atoms with Crippen molar-refractivity contribution in [2.45, 2.75) is 254 Å². The molecule has 0 N–H and O–H groups in total. The third-order valence-electron chi connectivity index (χ3n) is 11.4. The lowest BCUT2D eigenvalue weighted by Gasteiger charge is -2.26. The average molecular weight is 727 g/mol. The second-order valence-corrected chi connectivity index (χ2v) is 17.3. The molecular weight excluding hydrogens is 629 g/mol. The third kappa shape index (κ3) is 38.7. The summed E-state index contributed by atoms with van der Waals surface area (Å²) in [6, 6.07) is 4.28. The van der Waals surface area contributed by atoms with Crippen molar-refractivity contribution in [3.8, 4) is 0 Å². The van der Waals surface area contributed by atoms with Gasteiger partial charge in [-0.3, -0.25) is 0 Å². The summed E-state index contributed by atoms with van der Waals surface area (Å²) in [5, 5.41) is 0. The van der Waals surface area contributed by atoms with Crippen LogP contribution in [0.5, 0.6) is 0 Å². The van der Waals surface area contributed by atoms with Gasteiger partial charge in [0.15, 0.2) is 0 Å². The van der Waals surface area contributed by atoms with Crippen LogP contribution in [-0.4, -0.2) is 29.1 Å². The van der Waals surface area contributed by atoms with Gasteiger partial charge in [0.05, 0.1) is 0 Å². The fourth-order valence-electron chi connectivity index (χ4n) is 7.79. The molecule has 1 atom stereocenters. The maximum absolute atomic E-state index is 4.03. The lowest BCUT2D eigenvalue weighted by Crippen LogP contribution is -2.31. The number of rotatable bonds is 39. The van der Waals surface area contributed by atoms with E-state index in [1.54, 1.807) is 0 Å². The van der Waals surface area contributed by atoms with Crippen LogP contribution in [0.15, 0.2) is 36.7 Å². The number of allylic oxidation sites excluding steroid dienone is 1. The molecule has 1 heterocycles. The molecule has 0 aliphatic rings. The first-order chi connectivity index (χ1) is 25.4. The molecule has 1 aromatic heterocycles. The maximum atomic E-state index is 4.03. The molecule has 0 aliphatic heterocycles. The summed E-state index contributed by atoms with van der Waals surface area (Å²) in [6.07, 6.45) is 49.8. The quantitative estimate of drug-likeness (QED) is 0.0484. The Bertz CT molecular complexity index is 781. The van der Waals surface area contributed by atoms with Gasteiger partial charge in [0, 0.05) is 25.5 Å². The van der Waals surface area contributed by atoms with E-state index in [2.05, 4.69) is 82.1 Å². The normalized spacial score (nSPS) is 12.1. The summed E-state index contributed by atoms with van der Waals surface area (Å²) in [5.74, 6) is 1.80. The van der Waals surface area contributed by atoms with Gasteiger partial charge in [-0.05, 0) is 76.1 Å². The van der Waals surface area contributed by atoms with Gasteiger partial charge in [0.25, 0.3) is 0 Å². The first kappa shape index (κ1) is 51.0. The Morgan fingerprint density at radius 2 is 0.846 bits per heavy atom. The highest BCUT2D eigenvalue weighted by Gasteiger charge is 2.11. The summed E-state index contributed by atoms with van der Waals surface area (Å²) in [6.45, 7) is 23.0. The van der Waals surface area contributed by atoms with Crippen molar-refractivity contribution in [1.82, 2.24) is 9.47 Å². The van der Waals surface area contributed by atoms with Crippen molar-refractivity contribution in [2.24, 2.45) is 11.8 Å². The largest absolute Gasteiger partial charge is 0.354 e. The summed E-state index contributed by atoms with van der Waals surface area (Å²) in [7, 11) is 0. The summed E-state index contributed by atoms with van der Waals surface area (Å²) < 4.78 is 2.33. The molecule has 1 unspecified atom stereocenters. The number of aromatic nitrogens is 1. The van der Waals surface area contributed by atoms with Crippen LogP contribution in [0.3, 0.4) is 0 Å². The lowest BCUT2D eigenvalue weighted by molar-refractivity contribution is 0.219. The Labute approximate surface area is 330 Å². The van der Waals surface area contributed by atoms with E-state index in [1.807, 2.05) is 0 Å². The van der Waals surface area contributed by atoms with Crippen molar-refractivity contribution in [3.05, 3.63) is 36.7 Å². The molecule has 0 fully saturated rings. The van der Waals surface area contributed by atoms with E-state index >= 15 is 0 Å². The standard InChI is InChI=1S/C32H60N2.C18H38/c1-5-6-7-8-9-10-11-12-15-18-24-32(4)30-34(29-22-28-33-25-20-21-26-33)27-19-16-13-14-17-23-31(2)3;1-4-6-8-10-12-14-16-18(3)17-15-13-11-9-7-5-2/h20-21,25-26,32H,2,5-19,22-24,27-30H2,1,3-4H3;18H,4-17H2,1-3H3. The van der Waals surface area contributed by atoms with Crippen LogP contribution < -0.4 is 0 Å². The molecule has 0 bridgehead atoms. The Kier molecular flexibility index (Phi) is 40.3. The van der Waals surface area contributed by atoms with Gasteiger partial charge < -0.3 is 9.47 Å². The second kappa shape index (κ2) is 41.1. The Morgan fingerprint density at radius 1 is 0.481 bits per heavy atom. The predicted octanol–water partition coefficient (Wildman–Crippen LogP) is 17.2. The lowest BCUT2D eigenvalue weighted by atomic mass is 9.96. The third-order valence-corrected chi connectivity index (χ3v) is 11.4. The van der Waals surface area contributed by atoms with Crippen LogP contribution in [0.1, 0.15) is 247 Å². The van der Waals surface area contributed by atoms with Crippen LogP contribution in [0.4, 0.5) is 0 Å². The molecule has 0 aliphatic carbocycles. The van der Waals surface area contributed by atoms with E-state index in [1.165, 1.54) is 231 Å². The van der Waals surface area contributed by atoms with Crippen molar-refractivity contribution in [2.75, 3.05) is 19.6 Å². The van der Waals surface area contributed by atoms with E-state index in [9.17, 15) is 0 Å². The average Bonchev–Trinajstić information content (AvgIpc) is 3.65. The minimum Gasteiger partial charge on any atom is -0.354 e. The van der Waals surface area contributed by atoms with Crippen LogP contribution in [-0.2, 0) is 6.54 Å². The summed E-state index contributed by atoms with van der Waals surface area (Å²) >= 11 is 0. The van der Waals surface area contributed by atoms with Crippen LogP contribution in [0, 0.1) is 11.8 Å². The van der Waals surface area contributed by atoms with Gasteiger partial charge in [-0.1, -0.05) is 214 Å². The molecule has 0 aromatic carbocycles. The highest BCUT2D eigenvalue weighted by atomic mass is 15.1. The first-order valence-electron chi connectivity index (χ1n) is 23.9. The molecule has 1 rings (SSSR count). The minimum atomic E-state index is 0.830. The Morgan fingerprint density at radius 3 is 1.29 bits per heavy atom. The van der Waals surface area contributed by atoms with Crippen molar-refractivity contribution in [1.29, 1.82) is 0 Å². The number of hydrogen-bond donors (Lipinski definition) is 0. The van der Waals surface area contributed by atoms with Crippen LogP contribution in [0.2, 0.25) is 0 Å². The van der Waals surface area contributed by atoms with Gasteiger partial charge in [0.2, 0.25) is 0 Å². The number of hydrogen-bond acceptors (Lipinski definition) is 1. The zero-order valence-corrected chi connectivity index (χ0v) is 37.0. The Hall–Kier alpha value is -1.02. The van der Waals surface area contributed by atoms with E-state index < -0.39 is 0 Å². The number of aryl methyl sites for hydroxylation is 1. The zero-order chi connectivity index (χ0) is 38.2. The number of unbranched alkanes of at least 4 members (excludes halogenated alkanes) is 23. The molecule has 2 heteroatoms. The molecule has 0 saturated carbocycles. The molecular formula is C50H98N2. The van der Waals surface area contributed by atoms with Gasteiger partial charge >= 0.3 is 0 Å². The van der Waals surface area contributed by atoms with Crippen molar-refractivity contribution >= 4 is 0 Å². The van der Waals surface area contributed by atoms with E-state index in [4.69, 9.17) is 0 Å². The SMILES string of the molecule is C=C(C)CCCCCCCN(CCCn1cccc1)CC(C)CCCCCCCCCCCC.CCCCCCCCC(C)CCCCCCCC. The predicted molar refractivity (Wildman–Crippen MR) is 239 cm³/mol. The smallest absolute Gasteiger partial charge is 0.0231 e. The van der Waals surface area contributed by atoms with E-state index in [0.717, 1.165) is 18.4 Å². The molecule has 0 saturated heterocycles. The Balaban J connectivity index is 0.00000122. The summed E-state index contributed by atoms with van der Waals surface area (Å²) in [5.41, 5.74) is 1.34. The van der Waals surface area contributed by atoms with Crippen LogP contribution >= 0.6 is 0 Å². The van der Waals surface area contributed by atoms with Crippen LogP contribution in [0.25, 0.3) is 0 Å². The maximum Gasteiger partial charge on any atom is 0.0231 e. The van der Waals surface area contributed by atoms with Gasteiger partial charge in [-0.15, -0.1) is 6.58 Å². The monoisotopic (exact) mass is 727 g/mol. The second-order valence-electron chi connectivity index (χ2n) is 17.3. The minimum absolute atomic E-state index is 0.830. The van der Waals surface area contributed by atoms with Gasteiger partial charge in [-0.25, -0.2) is 0 Å². The molecule has 52 heavy (non-hydrogen) atoms. The summed E-state index contributed by atoms with van der Waals surface area (Å²) in [4.78, 5) is 2.78. The first-order valence-corrected chi connectivity index (χ1v) is 23.9. The van der Waals surface area contributed by atoms with E-state index in [0.29, 0.717) is 0 Å². The zero-order valence-electron chi connectivity index (χ0n) is 37.0. The van der Waals surface area contributed by atoms with Gasteiger partial charge in [0.1, 0.15) is 0 Å². The molecule has 0 spiro atoms. The molecule has 0 radical (unpaired) electrons. The molecule has 0 amide bonds. The van der Waals surface area contributed by atoms with E-state index in [-0.39, 0.29) is 0 Å². The molecule has 308 valence electrons. The fourth-order valence-corrected chi connectivity index (χ4v) is 7.79.